The smallest absolute Gasteiger partial charge is 0.410 e. The lowest BCUT2D eigenvalue weighted by atomic mass is 10.0. The third-order valence-electron chi connectivity index (χ3n) is 7.60. The Hall–Kier alpha value is -3.30. The second-order valence-electron chi connectivity index (χ2n) is 10.2. The molecular formula is C29H33N4O4S+. The van der Waals surface area contributed by atoms with Crippen LogP contribution in [0.1, 0.15) is 44.2 Å². The van der Waals surface area contributed by atoms with E-state index in [1.54, 1.807) is 12.1 Å². The summed E-state index contributed by atoms with van der Waals surface area (Å²) < 4.78 is 24.3. The van der Waals surface area contributed by atoms with Gasteiger partial charge in [0.1, 0.15) is 22.5 Å². The molecule has 38 heavy (non-hydrogen) atoms. The predicted molar refractivity (Wildman–Crippen MR) is 149 cm³/mol. The summed E-state index contributed by atoms with van der Waals surface area (Å²) in [6, 6.07) is 18.5. The van der Waals surface area contributed by atoms with Crippen LogP contribution in [0.4, 0.5) is 16.3 Å². The maximum Gasteiger partial charge on any atom is 0.417 e. The van der Waals surface area contributed by atoms with Crippen molar-refractivity contribution in [3.63, 3.8) is 0 Å². The number of para-hydroxylation sites is 1. The van der Waals surface area contributed by atoms with Crippen molar-refractivity contribution >= 4 is 28.4 Å². The third-order valence-corrected chi connectivity index (χ3v) is 10.3. The van der Waals surface area contributed by atoms with Crippen LogP contribution in [-0.4, -0.2) is 47.6 Å². The molecule has 6 rings (SSSR count). The van der Waals surface area contributed by atoms with Gasteiger partial charge in [-0.25, -0.2) is 14.8 Å². The van der Waals surface area contributed by atoms with E-state index in [4.69, 9.17) is 19.4 Å². The van der Waals surface area contributed by atoms with E-state index in [0.717, 1.165) is 68.7 Å². The van der Waals surface area contributed by atoms with Gasteiger partial charge in [-0.3, -0.25) is 5.32 Å². The van der Waals surface area contributed by atoms with Crippen LogP contribution in [0.3, 0.4) is 0 Å². The molecule has 1 atom stereocenters. The number of anilines is 2. The van der Waals surface area contributed by atoms with E-state index in [0.29, 0.717) is 35.7 Å². The molecule has 2 aliphatic carbocycles. The number of hydrogen-bond acceptors (Lipinski definition) is 7. The van der Waals surface area contributed by atoms with E-state index >= 15 is 0 Å². The van der Waals surface area contributed by atoms with Crippen molar-refractivity contribution in [2.45, 2.75) is 48.5 Å². The van der Waals surface area contributed by atoms with Gasteiger partial charge in [0.15, 0.2) is 10.6 Å². The Morgan fingerprint density at radius 1 is 1.00 bits per heavy atom. The highest BCUT2D eigenvalue weighted by atomic mass is 32.2. The highest BCUT2D eigenvalue weighted by Gasteiger charge is 2.54. The molecule has 2 heterocycles. The molecule has 1 aromatic heterocycles. The van der Waals surface area contributed by atoms with Crippen LogP contribution in [-0.2, 0) is 24.5 Å². The van der Waals surface area contributed by atoms with E-state index in [1.165, 1.54) is 0 Å². The van der Waals surface area contributed by atoms with Gasteiger partial charge in [0.25, 0.3) is 0 Å². The number of nitrogens with one attached hydrogen (secondary N) is 1. The molecule has 9 heteroatoms. The summed E-state index contributed by atoms with van der Waals surface area (Å²) in [5.41, 5.74) is 2.38. The molecule has 0 bridgehead atoms. The first-order valence-corrected chi connectivity index (χ1v) is 14.8. The second-order valence-corrected chi connectivity index (χ2v) is 12.5. The molecule has 1 saturated heterocycles. The Morgan fingerprint density at radius 3 is 2.39 bits per heavy atom. The van der Waals surface area contributed by atoms with E-state index < -0.39 is 16.9 Å². The zero-order valence-electron chi connectivity index (χ0n) is 21.3. The number of rotatable bonds is 7. The molecule has 198 valence electrons. The Labute approximate surface area is 225 Å². The van der Waals surface area contributed by atoms with Gasteiger partial charge in [0.05, 0.1) is 24.0 Å². The van der Waals surface area contributed by atoms with E-state index in [2.05, 4.69) is 16.3 Å². The van der Waals surface area contributed by atoms with Crippen molar-refractivity contribution in [3.05, 3.63) is 66.4 Å². The molecule has 3 aromatic rings. The first kappa shape index (κ1) is 25.0. The van der Waals surface area contributed by atoms with E-state index in [1.807, 2.05) is 42.5 Å². The average Bonchev–Trinajstić information content (AvgIpc) is 3.69. The Bertz CT molecular complexity index is 1300. The van der Waals surface area contributed by atoms with Crippen molar-refractivity contribution < 1.29 is 18.5 Å². The van der Waals surface area contributed by atoms with Crippen molar-refractivity contribution in [1.29, 1.82) is 0 Å². The summed E-state index contributed by atoms with van der Waals surface area (Å²) in [4.78, 5) is 24.6. The van der Waals surface area contributed by atoms with Gasteiger partial charge in [-0.15, -0.1) is 4.21 Å². The number of nitrogens with zero attached hydrogens (tertiary/aromatic N) is 3. The lowest BCUT2D eigenvalue weighted by Gasteiger charge is -2.30. The fourth-order valence-electron chi connectivity index (χ4n) is 5.41. The van der Waals surface area contributed by atoms with Crippen LogP contribution in [0.15, 0.2) is 60.7 Å². The maximum atomic E-state index is 13.7. The van der Waals surface area contributed by atoms with Gasteiger partial charge >= 0.3 is 6.09 Å². The number of thiol groups is 1. The number of morpholine rings is 1. The first-order valence-electron chi connectivity index (χ1n) is 13.4. The molecule has 3 fully saturated rings. The zero-order valence-corrected chi connectivity index (χ0v) is 22.2. The van der Waals surface area contributed by atoms with Gasteiger partial charge in [-0.1, -0.05) is 18.2 Å². The number of carbonyl (C=O) groups is 1. The molecular weight excluding hydrogens is 500 g/mol. The summed E-state index contributed by atoms with van der Waals surface area (Å²) in [6.07, 6.45) is 5.58. The van der Waals surface area contributed by atoms with Gasteiger partial charge in [-0.05, 0) is 62.1 Å². The molecule has 3 aliphatic rings. The summed E-state index contributed by atoms with van der Waals surface area (Å²) >= 11 is 0. The maximum absolute atomic E-state index is 13.7. The largest absolute Gasteiger partial charge is 0.417 e. The Balaban J connectivity index is 1.29. The lowest BCUT2D eigenvalue weighted by molar-refractivity contribution is 0.122. The molecule has 0 spiro atoms. The van der Waals surface area contributed by atoms with E-state index in [-0.39, 0.29) is 4.75 Å². The summed E-state index contributed by atoms with van der Waals surface area (Å²) in [5, 5.41) is 3.09. The number of benzene rings is 2. The normalized spacial score (nSPS) is 19.6. The van der Waals surface area contributed by atoms with Crippen molar-refractivity contribution in [1.82, 2.24) is 9.97 Å². The third kappa shape index (κ3) is 5.31. The van der Waals surface area contributed by atoms with Gasteiger partial charge in [-0.2, -0.15) is 0 Å². The average molecular weight is 534 g/mol. The molecule has 0 radical (unpaired) electrons. The minimum atomic E-state index is -1.38. The summed E-state index contributed by atoms with van der Waals surface area (Å²) in [6.45, 7) is 2.86. The van der Waals surface area contributed by atoms with Gasteiger partial charge < -0.3 is 14.4 Å². The number of hydrogen-bond donors (Lipinski definition) is 1. The Kier molecular flexibility index (Phi) is 7.12. The van der Waals surface area contributed by atoms with Crippen LogP contribution in [0.25, 0.3) is 11.4 Å². The van der Waals surface area contributed by atoms with Crippen molar-refractivity contribution in [2.24, 2.45) is 0 Å². The number of carbonyl (C=O) groups excluding carboxylic acids is 1. The monoisotopic (exact) mass is 533 g/mol. The van der Waals surface area contributed by atoms with Crippen molar-refractivity contribution in [3.8, 4) is 17.1 Å². The molecule has 1 aliphatic heterocycles. The fraction of sp³-hybridized carbons (Fsp3) is 0.414. The van der Waals surface area contributed by atoms with Crippen LogP contribution < -0.4 is 15.0 Å². The minimum Gasteiger partial charge on any atom is -0.410 e. The van der Waals surface area contributed by atoms with Crippen LogP contribution in [0.5, 0.6) is 5.75 Å². The standard InChI is InChI=1S/C29H32N4O4S/c34-28(37-23-6-2-1-3-7-23)30-22-10-8-21(9-11-22)27-31-25(20-26(32-27)33-16-18-36-19-17-33)29(14-4-5-15-29)38(35)24-12-13-24/h1-3,6-11,20,24H,4-5,12-19H2,(H,30,34)/p+1. The van der Waals surface area contributed by atoms with Crippen LogP contribution in [0, 0.1) is 0 Å². The zero-order chi connectivity index (χ0) is 26.0. The molecule has 1 N–H and O–H groups in total. The molecule has 8 nitrogen and oxygen atoms in total. The highest BCUT2D eigenvalue weighted by molar-refractivity contribution is 7.86. The fourth-order valence-corrected chi connectivity index (χ4v) is 7.82. The van der Waals surface area contributed by atoms with Crippen LogP contribution in [0.2, 0.25) is 0 Å². The molecule has 2 aromatic carbocycles. The van der Waals surface area contributed by atoms with Crippen LogP contribution >= 0.6 is 0 Å². The van der Waals surface area contributed by atoms with Gasteiger partial charge in [0, 0.05) is 43.2 Å². The summed E-state index contributed by atoms with van der Waals surface area (Å²) in [7, 11) is -1.38. The minimum absolute atomic E-state index is 0.328. The molecule has 1 amide bonds. The number of amides is 1. The van der Waals surface area contributed by atoms with E-state index in [9.17, 15) is 9.00 Å². The SMILES string of the molecule is O=C(Nc1ccc(-c2nc(N3CCOCC3)cc(C3([SH+](=O)C4CC4)CCCC3)n2)cc1)Oc1ccccc1. The molecule has 1 unspecified atom stereocenters. The predicted octanol–water partition coefficient (Wildman–Crippen LogP) is 5.22. The number of ether oxygens (including phenoxy) is 2. The Morgan fingerprint density at radius 2 is 1.71 bits per heavy atom. The first-order chi connectivity index (χ1) is 18.6. The van der Waals surface area contributed by atoms with Crippen molar-refractivity contribution in [2.75, 3.05) is 36.5 Å². The quantitative estimate of drug-likeness (QED) is 0.329. The number of aromatic nitrogens is 2. The molecule has 2 saturated carbocycles. The lowest BCUT2D eigenvalue weighted by Crippen LogP contribution is -2.38. The van der Waals surface area contributed by atoms with Gasteiger partial charge in [0.2, 0.25) is 0 Å². The summed E-state index contributed by atoms with van der Waals surface area (Å²) in [5.74, 6) is 1.97. The highest BCUT2D eigenvalue weighted by Crippen LogP contribution is 2.49. The topological polar surface area (TPSA) is 93.7 Å². The second kappa shape index (κ2) is 10.8.